The van der Waals surface area contributed by atoms with Crippen LogP contribution in [0.15, 0.2) is 46.1 Å². The summed E-state index contributed by atoms with van der Waals surface area (Å²) in [7, 11) is 0. The van der Waals surface area contributed by atoms with Crippen LogP contribution in [-0.4, -0.2) is 55.1 Å². The lowest BCUT2D eigenvalue weighted by atomic mass is 10.2. The number of nitrogens with zero attached hydrogens (tertiary/aromatic N) is 2. The molecule has 1 aromatic heterocycles. The fourth-order valence-corrected chi connectivity index (χ4v) is 3.07. The Hall–Kier alpha value is -3.82. The Balaban J connectivity index is 1.52. The molecule has 32 heavy (non-hydrogen) atoms. The van der Waals surface area contributed by atoms with Crippen molar-refractivity contribution in [1.82, 2.24) is 15.6 Å². The zero-order valence-corrected chi connectivity index (χ0v) is 17.8. The minimum Gasteiger partial charge on any atom is -0.490 e. The number of benzene rings is 1. The van der Waals surface area contributed by atoms with Crippen molar-refractivity contribution in [3.8, 4) is 11.5 Å². The maximum atomic E-state index is 12.2. The largest absolute Gasteiger partial charge is 0.490 e. The van der Waals surface area contributed by atoms with Crippen LogP contribution in [0, 0.1) is 0 Å². The van der Waals surface area contributed by atoms with E-state index < -0.39 is 11.8 Å². The number of amides is 3. The first-order valence-corrected chi connectivity index (χ1v) is 10.4. The minimum atomic E-state index is -0.904. The minimum absolute atomic E-state index is 0.0522. The van der Waals surface area contributed by atoms with Crippen molar-refractivity contribution >= 4 is 23.9 Å². The average molecular weight is 442 g/mol. The highest BCUT2D eigenvalue weighted by Gasteiger charge is 2.19. The molecular formula is C22H26N4O6. The summed E-state index contributed by atoms with van der Waals surface area (Å²) in [5.41, 5.74) is 2.78. The van der Waals surface area contributed by atoms with Crippen molar-refractivity contribution in [1.29, 1.82) is 0 Å². The SMILES string of the molecule is CCOc1cc(C=NNC(=O)C(=O)NCc2ccco2)ccc1OCC(=O)N1CCCC1. The van der Waals surface area contributed by atoms with Crippen molar-refractivity contribution in [3.05, 3.63) is 47.9 Å². The highest BCUT2D eigenvalue weighted by atomic mass is 16.5. The Kier molecular flexibility index (Phi) is 8.24. The molecule has 2 heterocycles. The lowest BCUT2D eigenvalue weighted by Crippen LogP contribution is -2.37. The third kappa shape index (κ3) is 6.59. The van der Waals surface area contributed by atoms with Crippen molar-refractivity contribution in [3.63, 3.8) is 0 Å². The molecule has 2 N–H and O–H groups in total. The number of carbonyl (C=O) groups is 3. The molecule has 3 rings (SSSR count). The summed E-state index contributed by atoms with van der Waals surface area (Å²) in [4.78, 5) is 37.6. The normalized spacial score (nSPS) is 13.2. The molecule has 170 valence electrons. The molecule has 0 unspecified atom stereocenters. The number of likely N-dealkylation sites (tertiary alicyclic amines) is 1. The number of hydrogen-bond acceptors (Lipinski definition) is 7. The van der Waals surface area contributed by atoms with E-state index in [2.05, 4.69) is 15.8 Å². The summed E-state index contributed by atoms with van der Waals surface area (Å²) in [5, 5.41) is 6.22. The summed E-state index contributed by atoms with van der Waals surface area (Å²) >= 11 is 0. The van der Waals surface area contributed by atoms with Gasteiger partial charge in [0.25, 0.3) is 5.91 Å². The van der Waals surface area contributed by atoms with E-state index >= 15 is 0 Å². The fourth-order valence-electron chi connectivity index (χ4n) is 3.07. The Morgan fingerprint density at radius 1 is 1.12 bits per heavy atom. The van der Waals surface area contributed by atoms with Crippen LogP contribution in [0.3, 0.4) is 0 Å². The predicted octanol–water partition coefficient (Wildman–Crippen LogP) is 1.45. The molecule has 0 saturated carbocycles. The van der Waals surface area contributed by atoms with Crippen LogP contribution in [0.5, 0.6) is 11.5 Å². The number of ether oxygens (including phenoxy) is 2. The number of carbonyl (C=O) groups excluding carboxylic acids is 3. The lowest BCUT2D eigenvalue weighted by molar-refractivity contribution is -0.139. The van der Waals surface area contributed by atoms with Crippen molar-refractivity contribution < 1.29 is 28.3 Å². The monoisotopic (exact) mass is 442 g/mol. The van der Waals surface area contributed by atoms with Gasteiger partial charge in [-0.25, -0.2) is 5.43 Å². The van der Waals surface area contributed by atoms with Crippen LogP contribution in [0.4, 0.5) is 0 Å². The molecule has 1 saturated heterocycles. The van der Waals surface area contributed by atoms with Gasteiger partial charge in [-0.15, -0.1) is 0 Å². The van der Waals surface area contributed by atoms with Gasteiger partial charge in [-0.2, -0.15) is 5.10 Å². The maximum Gasteiger partial charge on any atom is 0.329 e. The van der Waals surface area contributed by atoms with Gasteiger partial charge in [-0.3, -0.25) is 14.4 Å². The van der Waals surface area contributed by atoms with Gasteiger partial charge in [0.05, 0.1) is 25.6 Å². The highest BCUT2D eigenvalue weighted by Crippen LogP contribution is 2.28. The predicted molar refractivity (Wildman–Crippen MR) is 115 cm³/mol. The van der Waals surface area contributed by atoms with Crippen LogP contribution in [0.1, 0.15) is 31.1 Å². The Bertz CT molecular complexity index is 951. The second-order valence-corrected chi connectivity index (χ2v) is 6.98. The van der Waals surface area contributed by atoms with Crippen molar-refractivity contribution in [2.45, 2.75) is 26.3 Å². The second kappa shape index (κ2) is 11.5. The van der Waals surface area contributed by atoms with Gasteiger partial charge in [0.15, 0.2) is 18.1 Å². The summed E-state index contributed by atoms with van der Waals surface area (Å²) in [6.45, 7) is 3.81. The quantitative estimate of drug-likeness (QED) is 0.344. The average Bonchev–Trinajstić information content (AvgIpc) is 3.51. The van der Waals surface area contributed by atoms with E-state index in [1.54, 1.807) is 35.2 Å². The lowest BCUT2D eigenvalue weighted by Gasteiger charge is -2.17. The second-order valence-electron chi connectivity index (χ2n) is 6.98. The third-order valence-electron chi connectivity index (χ3n) is 4.67. The molecule has 10 heteroatoms. The van der Waals surface area contributed by atoms with Crippen LogP contribution in [0.25, 0.3) is 0 Å². The van der Waals surface area contributed by atoms with E-state index in [4.69, 9.17) is 13.9 Å². The third-order valence-corrected chi connectivity index (χ3v) is 4.67. The molecule has 0 aliphatic carbocycles. The van der Waals surface area contributed by atoms with Gasteiger partial charge in [0.2, 0.25) is 0 Å². The molecule has 2 aromatic rings. The zero-order chi connectivity index (χ0) is 22.8. The van der Waals surface area contributed by atoms with Gasteiger partial charge < -0.3 is 24.1 Å². The standard InChI is InChI=1S/C22H26N4O6/c1-2-30-19-12-16(7-8-18(19)32-15-20(27)26-9-3-4-10-26)13-24-25-22(29)21(28)23-14-17-6-5-11-31-17/h5-8,11-13H,2-4,9-10,14-15H2,1H3,(H,23,28)(H,25,29). The number of rotatable bonds is 9. The first kappa shape index (κ1) is 22.9. The van der Waals surface area contributed by atoms with E-state index in [0.29, 0.717) is 29.4 Å². The Morgan fingerprint density at radius 3 is 2.66 bits per heavy atom. The smallest absolute Gasteiger partial charge is 0.329 e. The van der Waals surface area contributed by atoms with Crippen LogP contribution < -0.4 is 20.2 Å². The van der Waals surface area contributed by atoms with E-state index in [9.17, 15) is 14.4 Å². The molecular weight excluding hydrogens is 416 g/mol. The van der Waals surface area contributed by atoms with Crippen LogP contribution in [0.2, 0.25) is 0 Å². The summed E-state index contributed by atoms with van der Waals surface area (Å²) in [6, 6.07) is 8.41. The summed E-state index contributed by atoms with van der Waals surface area (Å²) in [5.74, 6) is -0.365. The van der Waals surface area contributed by atoms with E-state index in [1.807, 2.05) is 6.92 Å². The van der Waals surface area contributed by atoms with Crippen molar-refractivity contribution in [2.24, 2.45) is 5.10 Å². The van der Waals surface area contributed by atoms with Crippen molar-refractivity contribution in [2.75, 3.05) is 26.3 Å². The molecule has 0 radical (unpaired) electrons. The van der Waals surface area contributed by atoms with E-state index in [0.717, 1.165) is 25.9 Å². The molecule has 1 aliphatic rings. The first-order chi connectivity index (χ1) is 15.6. The molecule has 0 spiro atoms. The van der Waals surface area contributed by atoms with E-state index in [-0.39, 0.29) is 19.1 Å². The van der Waals surface area contributed by atoms with Gasteiger partial charge in [-0.1, -0.05) is 0 Å². The molecule has 10 nitrogen and oxygen atoms in total. The fraction of sp³-hybridized carbons (Fsp3) is 0.364. The van der Waals surface area contributed by atoms with Gasteiger partial charge in [0.1, 0.15) is 5.76 Å². The Morgan fingerprint density at radius 2 is 1.94 bits per heavy atom. The van der Waals surface area contributed by atoms with Gasteiger partial charge in [-0.05, 0) is 55.7 Å². The molecule has 3 amide bonds. The number of nitrogens with one attached hydrogen (secondary N) is 2. The van der Waals surface area contributed by atoms with Gasteiger partial charge in [0, 0.05) is 13.1 Å². The summed E-state index contributed by atoms with van der Waals surface area (Å²) < 4.78 is 16.3. The molecule has 0 bridgehead atoms. The molecule has 1 aromatic carbocycles. The van der Waals surface area contributed by atoms with E-state index in [1.165, 1.54) is 12.5 Å². The topological polar surface area (TPSA) is 122 Å². The highest BCUT2D eigenvalue weighted by molar-refractivity contribution is 6.35. The number of hydrogen-bond donors (Lipinski definition) is 2. The van der Waals surface area contributed by atoms with Crippen LogP contribution in [-0.2, 0) is 20.9 Å². The molecule has 0 atom stereocenters. The number of hydrazone groups is 1. The summed E-state index contributed by atoms with van der Waals surface area (Å²) in [6.07, 6.45) is 4.89. The van der Waals surface area contributed by atoms with Crippen LogP contribution >= 0.6 is 0 Å². The molecule has 1 fully saturated rings. The maximum absolute atomic E-state index is 12.2. The Labute approximate surface area is 185 Å². The molecule has 1 aliphatic heterocycles. The number of furan rings is 1. The van der Waals surface area contributed by atoms with Gasteiger partial charge >= 0.3 is 11.8 Å². The zero-order valence-electron chi connectivity index (χ0n) is 17.8. The first-order valence-electron chi connectivity index (χ1n) is 10.4.